The van der Waals surface area contributed by atoms with Crippen molar-refractivity contribution in [2.45, 2.75) is 25.5 Å². The first-order valence-electron chi connectivity index (χ1n) is 8.30. The maximum Gasteiger partial charge on any atom is 0.314 e. The number of aryl methyl sites for hydroxylation is 1. The topological polar surface area (TPSA) is 82.4 Å². The Balaban J connectivity index is 1.78. The lowest BCUT2D eigenvalue weighted by molar-refractivity contribution is 0.0593. The third kappa shape index (κ3) is 5.22. The van der Waals surface area contributed by atoms with Crippen LogP contribution in [-0.4, -0.2) is 47.1 Å². The lowest BCUT2D eigenvalue weighted by Gasteiger charge is -2.27. The molecule has 7 heteroatoms. The van der Waals surface area contributed by atoms with E-state index in [2.05, 4.69) is 20.6 Å². The van der Waals surface area contributed by atoms with E-state index in [0.717, 1.165) is 5.69 Å². The summed E-state index contributed by atoms with van der Waals surface area (Å²) in [6.07, 6.45) is 3.33. The van der Waals surface area contributed by atoms with Crippen molar-refractivity contribution in [3.05, 3.63) is 48.3 Å². The van der Waals surface area contributed by atoms with Gasteiger partial charge in [-0.2, -0.15) is 5.10 Å². The van der Waals surface area contributed by atoms with Crippen LogP contribution in [0.25, 0.3) is 0 Å². The number of hydrogen-bond donors (Lipinski definition) is 3. The van der Waals surface area contributed by atoms with Gasteiger partial charge in [-0.25, -0.2) is 4.79 Å². The number of likely N-dealkylation sites (N-methyl/N-ethyl adjacent to an activating group) is 1. The lowest BCUT2D eigenvalue weighted by Crippen LogP contribution is -2.47. The van der Waals surface area contributed by atoms with Crippen LogP contribution in [0.4, 0.5) is 10.5 Å². The zero-order valence-corrected chi connectivity index (χ0v) is 15.2. The SMILES string of the molecule is CC(CNC(=O)NCC(C)(O)c1cnn(C)c1)N(C)c1ccccc1. The number of nitrogens with zero attached hydrogens (tertiary/aromatic N) is 3. The largest absolute Gasteiger partial charge is 0.383 e. The van der Waals surface area contributed by atoms with Crippen LogP contribution in [0.5, 0.6) is 0 Å². The van der Waals surface area contributed by atoms with E-state index in [1.807, 2.05) is 44.3 Å². The van der Waals surface area contributed by atoms with Crippen LogP contribution in [0.15, 0.2) is 42.7 Å². The molecular weight excluding hydrogens is 318 g/mol. The number of benzene rings is 1. The first kappa shape index (κ1) is 18.8. The summed E-state index contributed by atoms with van der Waals surface area (Å²) in [4.78, 5) is 14.1. The average molecular weight is 345 g/mol. The highest BCUT2D eigenvalue weighted by atomic mass is 16.3. The van der Waals surface area contributed by atoms with Gasteiger partial charge in [-0.3, -0.25) is 4.68 Å². The summed E-state index contributed by atoms with van der Waals surface area (Å²) >= 11 is 0. The van der Waals surface area contributed by atoms with Gasteiger partial charge in [0.15, 0.2) is 0 Å². The second-order valence-electron chi connectivity index (χ2n) is 6.54. The van der Waals surface area contributed by atoms with Gasteiger partial charge in [0, 0.05) is 44.1 Å². The molecule has 0 saturated heterocycles. The minimum Gasteiger partial charge on any atom is -0.383 e. The zero-order valence-electron chi connectivity index (χ0n) is 15.2. The molecule has 0 radical (unpaired) electrons. The molecule has 1 heterocycles. The van der Waals surface area contributed by atoms with Crippen molar-refractivity contribution < 1.29 is 9.90 Å². The Labute approximate surface area is 148 Å². The number of hydrogen-bond acceptors (Lipinski definition) is 4. The van der Waals surface area contributed by atoms with Crippen LogP contribution in [0, 0.1) is 0 Å². The second-order valence-corrected chi connectivity index (χ2v) is 6.54. The van der Waals surface area contributed by atoms with Gasteiger partial charge >= 0.3 is 6.03 Å². The Hall–Kier alpha value is -2.54. The van der Waals surface area contributed by atoms with Crippen molar-refractivity contribution in [1.29, 1.82) is 0 Å². The summed E-state index contributed by atoms with van der Waals surface area (Å²) in [6, 6.07) is 9.83. The highest BCUT2D eigenvalue weighted by Gasteiger charge is 2.25. The fourth-order valence-electron chi connectivity index (χ4n) is 2.41. The molecule has 2 rings (SSSR count). The van der Waals surface area contributed by atoms with Crippen LogP contribution < -0.4 is 15.5 Å². The Bertz CT molecular complexity index is 684. The van der Waals surface area contributed by atoms with E-state index in [1.54, 1.807) is 31.0 Å². The van der Waals surface area contributed by atoms with Gasteiger partial charge in [0.2, 0.25) is 0 Å². The van der Waals surface area contributed by atoms with Crippen molar-refractivity contribution in [1.82, 2.24) is 20.4 Å². The molecule has 1 aromatic carbocycles. The third-order valence-electron chi connectivity index (χ3n) is 4.30. The predicted octanol–water partition coefficient (Wildman–Crippen LogP) is 1.45. The maximum absolute atomic E-state index is 12.0. The molecule has 0 aliphatic heterocycles. The summed E-state index contributed by atoms with van der Waals surface area (Å²) in [7, 11) is 3.77. The van der Waals surface area contributed by atoms with E-state index < -0.39 is 5.60 Å². The highest BCUT2D eigenvalue weighted by molar-refractivity contribution is 5.74. The van der Waals surface area contributed by atoms with E-state index >= 15 is 0 Å². The number of carbonyl (C=O) groups excluding carboxylic acids is 1. The number of amides is 2. The van der Waals surface area contributed by atoms with Gasteiger partial charge in [0.1, 0.15) is 5.60 Å². The summed E-state index contributed by atoms with van der Waals surface area (Å²) in [5, 5.41) is 20.0. The van der Waals surface area contributed by atoms with Gasteiger partial charge in [-0.1, -0.05) is 18.2 Å². The molecule has 0 aliphatic carbocycles. The van der Waals surface area contributed by atoms with Crippen LogP contribution >= 0.6 is 0 Å². The van der Waals surface area contributed by atoms with Gasteiger partial charge < -0.3 is 20.6 Å². The molecule has 2 amide bonds. The molecule has 0 bridgehead atoms. The van der Waals surface area contributed by atoms with E-state index in [-0.39, 0.29) is 18.6 Å². The monoisotopic (exact) mass is 345 g/mol. The first-order chi connectivity index (χ1) is 11.8. The third-order valence-corrected chi connectivity index (χ3v) is 4.30. The molecule has 136 valence electrons. The van der Waals surface area contributed by atoms with Crippen LogP contribution in [0.3, 0.4) is 0 Å². The molecule has 2 atom stereocenters. The van der Waals surface area contributed by atoms with Crippen molar-refractivity contribution in [2.24, 2.45) is 7.05 Å². The van der Waals surface area contributed by atoms with Crippen molar-refractivity contribution >= 4 is 11.7 Å². The van der Waals surface area contributed by atoms with E-state index in [1.165, 1.54) is 0 Å². The van der Waals surface area contributed by atoms with Crippen molar-refractivity contribution in [3.63, 3.8) is 0 Å². The number of rotatable bonds is 7. The molecule has 2 aromatic rings. The second kappa shape index (κ2) is 8.02. The number of anilines is 1. The van der Waals surface area contributed by atoms with Gasteiger partial charge in [0.05, 0.1) is 12.7 Å². The summed E-state index contributed by atoms with van der Waals surface area (Å²) < 4.78 is 1.62. The fourth-order valence-corrected chi connectivity index (χ4v) is 2.41. The van der Waals surface area contributed by atoms with Gasteiger partial charge in [0.25, 0.3) is 0 Å². The van der Waals surface area contributed by atoms with Crippen molar-refractivity contribution in [2.75, 3.05) is 25.0 Å². The van der Waals surface area contributed by atoms with Gasteiger partial charge in [-0.15, -0.1) is 0 Å². The summed E-state index contributed by atoms with van der Waals surface area (Å²) in [6.45, 7) is 4.29. The summed E-state index contributed by atoms with van der Waals surface area (Å²) in [5.41, 5.74) is 0.585. The standard InChI is InChI=1S/C18H27N5O2/c1-14(23(4)16-8-6-5-7-9-16)10-19-17(24)20-13-18(2,25)15-11-21-22(3)12-15/h5-9,11-12,14,25H,10,13H2,1-4H3,(H2,19,20,24). The molecule has 0 aliphatic rings. The number of nitrogens with one attached hydrogen (secondary N) is 2. The number of carbonyl (C=O) groups is 1. The minimum absolute atomic E-state index is 0.105. The lowest BCUT2D eigenvalue weighted by atomic mass is 10.00. The van der Waals surface area contributed by atoms with E-state index in [9.17, 15) is 9.90 Å². The molecule has 3 N–H and O–H groups in total. The number of aromatic nitrogens is 2. The predicted molar refractivity (Wildman–Crippen MR) is 98.5 cm³/mol. The van der Waals surface area contributed by atoms with Gasteiger partial charge in [-0.05, 0) is 26.0 Å². The van der Waals surface area contributed by atoms with E-state index in [4.69, 9.17) is 0 Å². The Morgan fingerprint density at radius 1 is 1.36 bits per heavy atom. The van der Waals surface area contributed by atoms with E-state index in [0.29, 0.717) is 12.1 Å². The number of aliphatic hydroxyl groups is 1. The Kier molecular flexibility index (Phi) is 6.03. The highest BCUT2D eigenvalue weighted by Crippen LogP contribution is 2.18. The number of urea groups is 1. The van der Waals surface area contributed by atoms with Crippen LogP contribution in [0.1, 0.15) is 19.4 Å². The Morgan fingerprint density at radius 2 is 2.04 bits per heavy atom. The molecule has 0 fully saturated rings. The molecule has 2 unspecified atom stereocenters. The quantitative estimate of drug-likeness (QED) is 0.709. The number of para-hydroxylation sites is 1. The molecule has 25 heavy (non-hydrogen) atoms. The smallest absolute Gasteiger partial charge is 0.314 e. The average Bonchev–Trinajstić information content (AvgIpc) is 3.05. The normalized spacial score (nSPS) is 14.4. The molecule has 0 spiro atoms. The molecular formula is C18H27N5O2. The van der Waals surface area contributed by atoms with Crippen LogP contribution in [-0.2, 0) is 12.6 Å². The van der Waals surface area contributed by atoms with Crippen molar-refractivity contribution in [3.8, 4) is 0 Å². The minimum atomic E-state index is -1.17. The molecule has 7 nitrogen and oxygen atoms in total. The first-order valence-corrected chi connectivity index (χ1v) is 8.30. The Morgan fingerprint density at radius 3 is 2.64 bits per heavy atom. The zero-order chi connectivity index (χ0) is 18.4. The summed E-state index contributed by atoms with van der Waals surface area (Å²) in [5.74, 6) is 0. The molecule has 1 aromatic heterocycles. The maximum atomic E-state index is 12.0. The fraction of sp³-hybridized carbons (Fsp3) is 0.444. The molecule has 0 saturated carbocycles. The van der Waals surface area contributed by atoms with Crippen LogP contribution in [0.2, 0.25) is 0 Å².